The number of carbonyl (C=O) groups excluding carboxylic acids is 8. The molecule has 1 fully saturated rings. The number of likely N-dealkylation sites (tertiary alicyclic amines) is 1. The van der Waals surface area contributed by atoms with Gasteiger partial charge < -0.3 is 36.6 Å². The summed E-state index contributed by atoms with van der Waals surface area (Å²) in [5.41, 5.74) is 0. The van der Waals surface area contributed by atoms with E-state index in [2.05, 4.69) is 26.6 Å². The van der Waals surface area contributed by atoms with Crippen molar-refractivity contribution in [1.82, 2.24) is 36.4 Å². The lowest BCUT2D eigenvalue weighted by Gasteiger charge is -2.27. The summed E-state index contributed by atoms with van der Waals surface area (Å²) >= 11 is 0. The molecule has 0 aromatic rings. The summed E-state index contributed by atoms with van der Waals surface area (Å²) in [6.45, 7) is 8.34. The second-order valence-corrected chi connectivity index (χ2v) is 13.7. The highest BCUT2D eigenvalue weighted by Gasteiger charge is 2.36. The summed E-state index contributed by atoms with van der Waals surface area (Å²) in [6, 6.07) is -3.86. The quantitative estimate of drug-likeness (QED) is 0.0647. The van der Waals surface area contributed by atoms with E-state index in [4.69, 9.17) is 5.11 Å². The third-order valence-electron chi connectivity index (χ3n) is 8.34. The molecule has 2 aliphatic heterocycles. The first-order valence-electron chi connectivity index (χ1n) is 17.5. The Balaban J connectivity index is 1.90. The van der Waals surface area contributed by atoms with E-state index >= 15 is 0 Å². The molecule has 0 radical (unpaired) electrons. The van der Waals surface area contributed by atoms with Crippen LogP contribution in [0.3, 0.4) is 0 Å². The number of amides is 8. The summed E-state index contributed by atoms with van der Waals surface area (Å²) in [4.78, 5) is 114. The van der Waals surface area contributed by atoms with Gasteiger partial charge in [-0.15, -0.1) is 0 Å². The van der Waals surface area contributed by atoms with Gasteiger partial charge in [-0.05, 0) is 57.3 Å². The van der Waals surface area contributed by atoms with Crippen molar-refractivity contribution in [3.63, 3.8) is 0 Å². The predicted octanol–water partition coefficient (Wildman–Crippen LogP) is -0.654. The lowest BCUT2D eigenvalue weighted by atomic mass is 10.0. The lowest BCUT2D eigenvalue weighted by molar-refractivity contribution is -0.140. The van der Waals surface area contributed by atoms with E-state index in [1.54, 1.807) is 0 Å². The van der Waals surface area contributed by atoms with Crippen LogP contribution >= 0.6 is 0 Å². The number of carboxylic acid groups (broad SMARTS) is 1. The van der Waals surface area contributed by atoms with Gasteiger partial charge in [0.25, 0.3) is 11.8 Å². The number of hydrogen-bond acceptors (Lipinski definition) is 9. The number of nitrogens with one attached hydrogen (secondary N) is 5. The fourth-order valence-corrected chi connectivity index (χ4v) is 5.76. The monoisotopic (exact) mass is 719 g/mol. The van der Waals surface area contributed by atoms with Gasteiger partial charge in [0.1, 0.15) is 30.7 Å². The molecule has 2 rings (SSSR count). The average molecular weight is 720 g/mol. The molecule has 17 heteroatoms. The second-order valence-electron chi connectivity index (χ2n) is 13.7. The van der Waals surface area contributed by atoms with E-state index < -0.39 is 72.8 Å². The van der Waals surface area contributed by atoms with E-state index in [-0.39, 0.29) is 55.4 Å². The Kier molecular flexibility index (Phi) is 17.2. The Labute approximate surface area is 298 Å². The molecule has 2 heterocycles. The van der Waals surface area contributed by atoms with Gasteiger partial charge in [-0.3, -0.25) is 48.1 Å². The van der Waals surface area contributed by atoms with Crippen LogP contribution in [-0.2, 0) is 43.2 Å². The number of carbonyl (C=O) groups is 9. The van der Waals surface area contributed by atoms with Crippen molar-refractivity contribution < 1.29 is 48.3 Å². The molecule has 4 atom stereocenters. The second kappa shape index (κ2) is 20.7. The SMILES string of the molecule is CC(C)C[C@H](NC(=O)CNC(=O)[C@H](CC(C)C)NC(=O)[C@@H]1CCCN1C(=O)CCCCCN1C(=O)C=CC1=O)C(=O)N[C@@H](C)C(=O)NCC(=O)O. The van der Waals surface area contributed by atoms with E-state index in [1.807, 2.05) is 27.7 Å². The molecule has 0 saturated carbocycles. The Morgan fingerprint density at radius 3 is 1.94 bits per heavy atom. The maximum absolute atomic E-state index is 13.4. The van der Waals surface area contributed by atoms with Crippen LogP contribution in [0.5, 0.6) is 0 Å². The lowest BCUT2D eigenvalue weighted by Crippen LogP contribution is -2.56. The van der Waals surface area contributed by atoms with Gasteiger partial charge in [0.15, 0.2) is 0 Å². The van der Waals surface area contributed by atoms with Crippen LogP contribution in [0, 0.1) is 11.8 Å². The van der Waals surface area contributed by atoms with Gasteiger partial charge in [-0.25, -0.2) is 0 Å². The zero-order chi connectivity index (χ0) is 38.2. The van der Waals surface area contributed by atoms with Crippen LogP contribution in [-0.4, -0.2) is 118 Å². The fraction of sp³-hybridized carbons (Fsp3) is 0.676. The first-order valence-corrected chi connectivity index (χ1v) is 17.5. The molecule has 0 aromatic heterocycles. The molecular weight excluding hydrogens is 666 g/mol. The van der Waals surface area contributed by atoms with Crippen LogP contribution < -0.4 is 26.6 Å². The largest absolute Gasteiger partial charge is 0.480 e. The molecule has 0 bridgehead atoms. The van der Waals surface area contributed by atoms with Gasteiger partial charge >= 0.3 is 5.97 Å². The normalized spacial score (nSPS) is 17.3. The Bertz CT molecular complexity index is 1330. The van der Waals surface area contributed by atoms with Crippen molar-refractivity contribution in [1.29, 1.82) is 0 Å². The maximum Gasteiger partial charge on any atom is 0.322 e. The van der Waals surface area contributed by atoms with Crippen LogP contribution in [0.1, 0.15) is 86.0 Å². The van der Waals surface area contributed by atoms with Gasteiger partial charge in [-0.2, -0.15) is 0 Å². The summed E-state index contributed by atoms with van der Waals surface area (Å²) in [5, 5.41) is 21.2. The Morgan fingerprint density at radius 2 is 1.35 bits per heavy atom. The minimum Gasteiger partial charge on any atom is -0.480 e. The molecule has 6 N–H and O–H groups in total. The molecule has 0 aromatic carbocycles. The van der Waals surface area contributed by atoms with E-state index in [0.717, 1.165) is 4.90 Å². The number of hydrogen-bond donors (Lipinski definition) is 6. The van der Waals surface area contributed by atoms with E-state index in [0.29, 0.717) is 38.6 Å². The van der Waals surface area contributed by atoms with Crippen molar-refractivity contribution in [2.45, 2.75) is 110 Å². The van der Waals surface area contributed by atoms with Crippen molar-refractivity contribution in [2.75, 3.05) is 26.2 Å². The highest BCUT2D eigenvalue weighted by Crippen LogP contribution is 2.20. The Hall–Kier alpha value is -4.83. The van der Waals surface area contributed by atoms with Crippen molar-refractivity contribution in [3.8, 4) is 0 Å². The maximum atomic E-state index is 13.4. The smallest absolute Gasteiger partial charge is 0.322 e. The summed E-state index contributed by atoms with van der Waals surface area (Å²) in [5.74, 6) is -5.30. The van der Waals surface area contributed by atoms with Gasteiger partial charge in [0.2, 0.25) is 35.4 Å². The molecular formula is C34H53N7O10. The third kappa shape index (κ3) is 14.5. The molecule has 51 heavy (non-hydrogen) atoms. The van der Waals surface area contributed by atoms with Crippen LogP contribution in [0.4, 0.5) is 0 Å². The van der Waals surface area contributed by atoms with E-state index in [1.165, 1.54) is 24.0 Å². The average Bonchev–Trinajstić information content (AvgIpc) is 3.67. The van der Waals surface area contributed by atoms with E-state index in [9.17, 15) is 43.2 Å². The highest BCUT2D eigenvalue weighted by atomic mass is 16.4. The number of imide groups is 1. The van der Waals surface area contributed by atoms with Crippen molar-refractivity contribution >= 4 is 53.2 Å². The van der Waals surface area contributed by atoms with Crippen LogP contribution in [0.2, 0.25) is 0 Å². The van der Waals surface area contributed by atoms with Crippen molar-refractivity contribution in [3.05, 3.63) is 12.2 Å². The molecule has 0 spiro atoms. The standard InChI is InChI=1S/C34H53N7O10/c1-20(2)16-23(32(49)35-18-26(42)38-24(17-21(3)4)33(50)37-22(5)31(48)36-19-30(46)47)39-34(51)25-10-9-15-40(25)27(43)11-7-6-8-14-41-28(44)12-13-29(41)45/h12-13,20-25H,6-11,14-19H2,1-5H3,(H,35,49)(H,36,48)(H,37,50)(H,38,42)(H,39,51)(H,46,47)/t22-,23-,24-,25-/m0/s1. The zero-order valence-corrected chi connectivity index (χ0v) is 30.1. The molecule has 284 valence electrons. The zero-order valence-electron chi connectivity index (χ0n) is 30.1. The third-order valence-corrected chi connectivity index (χ3v) is 8.34. The number of rotatable bonds is 21. The first-order chi connectivity index (χ1) is 24.0. The topological polar surface area (TPSA) is 240 Å². The number of aliphatic carboxylic acids is 1. The molecule has 0 unspecified atom stereocenters. The number of nitrogens with zero attached hydrogens (tertiary/aromatic N) is 2. The van der Waals surface area contributed by atoms with Crippen molar-refractivity contribution in [2.24, 2.45) is 11.8 Å². The minimum absolute atomic E-state index is 0.00748. The van der Waals surface area contributed by atoms with Crippen LogP contribution in [0.15, 0.2) is 12.2 Å². The van der Waals surface area contributed by atoms with Crippen LogP contribution in [0.25, 0.3) is 0 Å². The first kappa shape index (κ1) is 42.3. The molecule has 2 aliphatic rings. The van der Waals surface area contributed by atoms with Gasteiger partial charge in [-0.1, -0.05) is 34.1 Å². The molecule has 8 amide bonds. The number of carboxylic acids is 1. The molecule has 1 saturated heterocycles. The van der Waals surface area contributed by atoms with Gasteiger partial charge in [0, 0.05) is 31.7 Å². The predicted molar refractivity (Wildman–Crippen MR) is 183 cm³/mol. The summed E-state index contributed by atoms with van der Waals surface area (Å²) < 4.78 is 0. The Morgan fingerprint density at radius 1 is 0.765 bits per heavy atom. The van der Waals surface area contributed by atoms with Gasteiger partial charge in [0.05, 0.1) is 6.54 Å². The summed E-state index contributed by atoms with van der Waals surface area (Å²) in [6.07, 6.45) is 5.88. The highest BCUT2D eigenvalue weighted by molar-refractivity contribution is 6.12. The molecule has 0 aliphatic carbocycles. The minimum atomic E-state index is -1.24. The summed E-state index contributed by atoms with van der Waals surface area (Å²) in [7, 11) is 0. The molecule has 17 nitrogen and oxygen atoms in total. The number of unbranched alkanes of at least 4 members (excludes halogenated alkanes) is 2. The fourth-order valence-electron chi connectivity index (χ4n) is 5.76.